The van der Waals surface area contributed by atoms with E-state index < -0.39 is 4.92 Å². The van der Waals surface area contributed by atoms with E-state index in [1.54, 1.807) is 12.3 Å². The summed E-state index contributed by atoms with van der Waals surface area (Å²) in [6.45, 7) is 4.57. The fourth-order valence-electron chi connectivity index (χ4n) is 2.80. The average Bonchev–Trinajstić information content (AvgIpc) is 3.03. The van der Waals surface area contributed by atoms with Gasteiger partial charge in [-0.2, -0.15) is 0 Å². The zero-order valence-electron chi connectivity index (χ0n) is 14.1. The van der Waals surface area contributed by atoms with Gasteiger partial charge in [0.2, 0.25) is 0 Å². The second-order valence-corrected chi connectivity index (χ2v) is 6.62. The molecule has 3 aromatic rings. The highest BCUT2D eigenvalue weighted by atomic mass is 16.6. The minimum Gasteiger partial charge on any atom is -0.360 e. The Morgan fingerprint density at radius 3 is 2.60 bits per heavy atom. The molecular weight excluding hydrogens is 318 g/mol. The largest absolute Gasteiger partial charge is 0.360 e. The summed E-state index contributed by atoms with van der Waals surface area (Å²) < 4.78 is 0. The second kappa shape index (κ2) is 6.39. The number of hydrogen-bond donors (Lipinski definition) is 2. The van der Waals surface area contributed by atoms with E-state index in [0.29, 0.717) is 23.0 Å². The number of benzene rings is 2. The maximum absolute atomic E-state index is 12.6. The number of carbonyl (C=O) groups excluding carboxylic acids is 1. The van der Waals surface area contributed by atoms with Crippen molar-refractivity contribution >= 4 is 22.5 Å². The van der Waals surface area contributed by atoms with Gasteiger partial charge in [0, 0.05) is 41.2 Å². The molecule has 0 aliphatic rings. The van der Waals surface area contributed by atoms with Crippen LogP contribution in [-0.4, -0.2) is 22.4 Å². The third kappa shape index (κ3) is 3.38. The summed E-state index contributed by atoms with van der Waals surface area (Å²) in [5.41, 5.74) is 1.96. The highest BCUT2D eigenvalue weighted by Gasteiger charge is 2.22. The van der Waals surface area contributed by atoms with Crippen LogP contribution in [-0.2, 0) is 5.41 Å². The number of nitro benzene ring substituents is 1. The lowest BCUT2D eigenvalue weighted by Crippen LogP contribution is -2.36. The number of rotatable bonds is 5. The van der Waals surface area contributed by atoms with Crippen LogP contribution in [0.25, 0.3) is 10.9 Å². The number of aromatic nitrogens is 1. The molecule has 6 heteroatoms. The molecule has 0 saturated heterocycles. The molecule has 0 radical (unpaired) electrons. The van der Waals surface area contributed by atoms with Crippen LogP contribution >= 0.6 is 0 Å². The van der Waals surface area contributed by atoms with Gasteiger partial charge in [-0.25, -0.2) is 0 Å². The Morgan fingerprint density at radius 2 is 1.92 bits per heavy atom. The van der Waals surface area contributed by atoms with Gasteiger partial charge in [0.1, 0.15) is 0 Å². The van der Waals surface area contributed by atoms with Gasteiger partial charge in [-0.15, -0.1) is 0 Å². The summed E-state index contributed by atoms with van der Waals surface area (Å²) >= 11 is 0. The van der Waals surface area contributed by atoms with E-state index in [2.05, 4.69) is 24.1 Å². The van der Waals surface area contributed by atoms with E-state index in [4.69, 9.17) is 0 Å². The van der Waals surface area contributed by atoms with Crippen LogP contribution in [0.4, 0.5) is 5.69 Å². The van der Waals surface area contributed by atoms with Gasteiger partial charge in [-0.3, -0.25) is 14.9 Å². The summed E-state index contributed by atoms with van der Waals surface area (Å²) in [6, 6.07) is 14.4. The van der Waals surface area contributed by atoms with Crippen molar-refractivity contribution in [2.75, 3.05) is 6.54 Å². The lowest BCUT2D eigenvalue weighted by molar-refractivity contribution is -0.384. The maximum Gasteiger partial charge on any atom is 0.270 e. The second-order valence-electron chi connectivity index (χ2n) is 6.62. The lowest BCUT2D eigenvalue weighted by Gasteiger charge is -2.25. The van der Waals surface area contributed by atoms with Crippen molar-refractivity contribution < 1.29 is 9.72 Å². The van der Waals surface area contributed by atoms with E-state index in [-0.39, 0.29) is 17.0 Å². The standard InChI is InChI=1S/C19H19N3O3/c1-19(2,13-6-4-3-5-7-13)12-21-18(23)16-11-20-17-9-8-14(22(24)25)10-15(16)17/h3-11,20H,12H2,1-2H3,(H,21,23). The number of aromatic amines is 1. The lowest BCUT2D eigenvalue weighted by atomic mass is 9.84. The van der Waals surface area contributed by atoms with Crippen molar-refractivity contribution in [3.05, 3.63) is 76.0 Å². The Labute approximate surface area is 145 Å². The Morgan fingerprint density at radius 1 is 1.20 bits per heavy atom. The van der Waals surface area contributed by atoms with Gasteiger partial charge >= 0.3 is 0 Å². The van der Waals surface area contributed by atoms with Crippen LogP contribution in [0, 0.1) is 10.1 Å². The predicted molar refractivity (Wildman–Crippen MR) is 96.8 cm³/mol. The topological polar surface area (TPSA) is 88.0 Å². The minimum atomic E-state index is -0.466. The molecule has 0 saturated carbocycles. The van der Waals surface area contributed by atoms with Gasteiger partial charge < -0.3 is 10.3 Å². The number of non-ortho nitro benzene ring substituents is 1. The highest BCUT2D eigenvalue weighted by Crippen LogP contribution is 2.25. The first-order valence-electron chi connectivity index (χ1n) is 7.98. The van der Waals surface area contributed by atoms with Gasteiger partial charge in [0.05, 0.1) is 10.5 Å². The molecule has 0 bridgehead atoms. The number of fused-ring (bicyclic) bond motifs is 1. The zero-order valence-corrected chi connectivity index (χ0v) is 14.1. The molecule has 0 atom stereocenters. The molecule has 1 heterocycles. The van der Waals surface area contributed by atoms with E-state index in [1.807, 2.05) is 30.3 Å². The molecule has 1 amide bonds. The molecular formula is C19H19N3O3. The molecule has 6 nitrogen and oxygen atoms in total. The quantitative estimate of drug-likeness (QED) is 0.548. The van der Waals surface area contributed by atoms with Crippen LogP contribution in [0.2, 0.25) is 0 Å². The van der Waals surface area contributed by atoms with E-state index in [0.717, 1.165) is 5.56 Å². The Balaban J connectivity index is 1.81. The Kier molecular flexibility index (Phi) is 4.27. The zero-order chi connectivity index (χ0) is 18.0. The van der Waals surface area contributed by atoms with Crippen molar-refractivity contribution in [1.29, 1.82) is 0 Å². The molecule has 128 valence electrons. The minimum absolute atomic E-state index is 0.0363. The predicted octanol–water partition coefficient (Wildman–Crippen LogP) is 3.78. The number of amides is 1. The fraction of sp³-hybridized carbons (Fsp3) is 0.211. The number of hydrogen-bond acceptors (Lipinski definition) is 3. The number of nitrogens with one attached hydrogen (secondary N) is 2. The van der Waals surface area contributed by atoms with Crippen molar-refractivity contribution in [2.45, 2.75) is 19.3 Å². The summed E-state index contributed by atoms with van der Waals surface area (Å²) in [5.74, 6) is -0.254. The van der Waals surface area contributed by atoms with Crippen LogP contribution < -0.4 is 5.32 Å². The Bertz CT molecular complexity index is 929. The first-order chi connectivity index (χ1) is 11.9. The fourth-order valence-corrected chi connectivity index (χ4v) is 2.80. The molecule has 0 aliphatic carbocycles. The van der Waals surface area contributed by atoms with Gasteiger partial charge in [0.25, 0.3) is 11.6 Å². The van der Waals surface area contributed by atoms with E-state index >= 15 is 0 Å². The SMILES string of the molecule is CC(C)(CNC(=O)c1c[nH]c2ccc([N+](=O)[O-])cc12)c1ccccc1. The van der Waals surface area contributed by atoms with Gasteiger partial charge in [-0.05, 0) is 11.6 Å². The number of carbonyl (C=O) groups is 1. The number of nitro groups is 1. The van der Waals surface area contributed by atoms with Crippen LogP contribution in [0.3, 0.4) is 0 Å². The molecule has 0 aliphatic heterocycles. The highest BCUT2D eigenvalue weighted by molar-refractivity contribution is 6.07. The molecule has 3 rings (SSSR count). The third-order valence-corrected chi connectivity index (χ3v) is 4.37. The van der Waals surface area contributed by atoms with Crippen molar-refractivity contribution in [3.63, 3.8) is 0 Å². The molecule has 0 unspecified atom stereocenters. The van der Waals surface area contributed by atoms with Crippen LogP contribution in [0.15, 0.2) is 54.7 Å². The number of H-pyrrole nitrogens is 1. The smallest absolute Gasteiger partial charge is 0.270 e. The molecule has 0 fully saturated rings. The first kappa shape index (κ1) is 16.7. The van der Waals surface area contributed by atoms with E-state index in [9.17, 15) is 14.9 Å². The Hall–Kier alpha value is -3.15. The summed E-state index contributed by atoms with van der Waals surface area (Å²) in [4.78, 5) is 26.0. The molecule has 0 spiro atoms. The molecule has 2 N–H and O–H groups in total. The third-order valence-electron chi connectivity index (χ3n) is 4.37. The van der Waals surface area contributed by atoms with E-state index in [1.165, 1.54) is 12.1 Å². The maximum atomic E-state index is 12.6. The van der Waals surface area contributed by atoms with Crippen LogP contribution in [0.1, 0.15) is 29.8 Å². The summed E-state index contributed by atoms with van der Waals surface area (Å²) in [5, 5.41) is 14.4. The summed E-state index contributed by atoms with van der Waals surface area (Å²) in [6.07, 6.45) is 1.58. The normalized spacial score (nSPS) is 11.4. The monoisotopic (exact) mass is 337 g/mol. The molecule has 2 aromatic carbocycles. The van der Waals surface area contributed by atoms with Crippen molar-refractivity contribution in [3.8, 4) is 0 Å². The van der Waals surface area contributed by atoms with Gasteiger partial charge in [-0.1, -0.05) is 44.2 Å². The average molecular weight is 337 g/mol. The molecule has 1 aromatic heterocycles. The first-order valence-corrected chi connectivity index (χ1v) is 7.98. The number of nitrogens with zero attached hydrogens (tertiary/aromatic N) is 1. The van der Waals surface area contributed by atoms with Crippen LogP contribution in [0.5, 0.6) is 0 Å². The van der Waals surface area contributed by atoms with Crippen molar-refractivity contribution in [1.82, 2.24) is 10.3 Å². The summed E-state index contributed by atoms with van der Waals surface area (Å²) in [7, 11) is 0. The molecule has 25 heavy (non-hydrogen) atoms. The van der Waals surface area contributed by atoms with Gasteiger partial charge in [0.15, 0.2) is 0 Å². The van der Waals surface area contributed by atoms with Crippen molar-refractivity contribution in [2.24, 2.45) is 0 Å².